The standard InChI is InChI=1S/C17H21NO/c1-12-7-13(2)17(14(3)8-12)11-18-10-15-5-4-6-16(19)9-15/h4-9,18-19H,10-11H2,1-3H3. The Labute approximate surface area is 115 Å². The van der Waals surface area contributed by atoms with Crippen molar-refractivity contribution in [1.82, 2.24) is 5.32 Å². The molecule has 0 amide bonds. The zero-order valence-electron chi connectivity index (χ0n) is 11.8. The third-order valence-corrected chi connectivity index (χ3v) is 3.38. The normalized spacial score (nSPS) is 10.7. The van der Waals surface area contributed by atoms with Crippen molar-refractivity contribution < 1.29 is 5.11 Å². The van der Waals surface area contributed by atoms with Crippen LogP contribution in [0.5, 0.6) is 5.75 Å². The molecule has 0 unspecified atom stereocenters. The average molecular weight is 255 g/mol. The molecule has 0 aliphatic carbocycles. The molecule has 2 heteroatoms. The van der Waals surface area contributed by atoms with E-state index in [0.717, 1.165) is 18.7 Å². The smallest absolute Gasteiger partial charge is 0.115 e. The molecular formula is C17H21NO. The first-order valence-electron chi connectivity index (χ1n) is 6.61. The number of aromatic hydroxyl groups is 1. The van der Waals surface area contributed by atoms with E-state index in [-0.39, 0.29) is 0 Å². The highest BCUT2D eigenvalue weighted by molar-refractivity contribution is 5.37. The number of nitrogens with one attached hydrogen (secondary N) is 1. The Hall–Kier alpha value is -1.80. The Morgan fingerprint density at radius 2 is 1.63 bits per heavy atom. The van der Waals surface area contributed by atoms with Crippen molar-refractivity contribution in [2.45, 2.75) is 33.9 Å². The van der Waals surface area contributed by atoms with Gasteiger partial charge in [-0.05, 0) is 55.2 Å². The fourth-order valence-corrected chi connectivity index (χ4v) is 2.49. The van der Waals surface area contributed by atoms with E-state index in [1.165, 1.54) is 22.3 Å². The summed E-state index contributed by atoms with van der Waals surface area (Å²) in [5.41, 5.74) is 6.45. The van der Waals surface area contributed by atoms with Crippen LogP contribution in [0.15, 0.2) is 36.4 Å². The molecule has 0 aromatic heterocycles. The zero-order chi connectivity index (χ0) is 13.8. The summed E-state index contributed by atoms with van der Waals surface area (Å²) in [6.07, 6.45) is 0. The van der Waals surface area contributed by atoms with Crippen LogP contribution < -0.4 is 5.32 Å². The van der Waals surface area contributed by atoms with Crippen LogP contribution in [0, 0.1) is 20.8 Å². The number of phenolic OH excluding ortho intramolecular Hbond substituents is 1. The molecule has 19 heavy (non-hydrogen) atoms. The van der Waals surface area contributed by atoms with Crippen molar-refractivity contribution >= 4 is 0 Å². The van der Waals surface area contributed by atoms with Gasteiger partial charge in [0.15, 0.2) is 0 Å². The molecule has 2 rings (SSSR count). The number of phenols is 1. The van der Waals surface area contributed by atoms with Crippen molar-refractivity contribution in [2.24, 2.45) is 0 Å². The van der Waals surface area contributed by atoms with E-state index >= 15 is 0 Å². The quantitative estimate of drug-likeness (QED) is 0.874. The summed E-state index contributed by atoms with van der Waals surface area (Å²) in [6, 6.07) is 11.8. The van der Waals surface area contributed by atoms with E-state index in [1.807, 2.05) is 12.1 Å². The maximum atomic E-state index is 9.42. The van der Waals surface area contributed by atoms with Crippen LogP contribution in [0.25, 0.3) is 0 Å². The third kappa shape index (κ3) is 3.58. The van der Waals surface area contributed by atoms with Crippen LogP contribution >= 0.6 is 0 Å². The fraction of sp³-hybridized carbons (Fsp3) is 0.294. The van der Waals surface area contributed by atoms with Crippen molar-refractivity contribution in [3.8, 4) is 5.75 Å². The van der Waals surface area contributed by atoms with E-state index in [4.69, 9.17) is 0 Å². The molecule has 0 atom stereocenters. The lowest BCUT2D eigenvalue weighted by atomic mass is 10.00. The van der Waals surface area contributed by atoms with Gasteiger partial charge in [-0.1, -0.05) is 29.8 Å². The molecule has 0 heterocycles. The summed E-state index contributed by atoms with van der Waals surface area (Å²) in [4.78, 5) is 0. The SMILES string of the molecule is Cc1cc(C)c(CNCc2cccc(O)c2)c(C)c1. The van der Waals surface area contributed by atoms with E-state index < -0.39 is 0 Å². The van der Waals surface area contributed by atoms with Crippen molar-refractivity contribution in [3.05, 3.63) is 64.2 Å². The molecule has 2 aromatic carbocycles. The molecule has 100 valence electrons. The summed E-state index contributed by atoms with van der Waals surface area (Å²) < 4.78 is 0. The molecule has 0 aliphatic rings. The summed E-state index contributed by atoms with van der Waals surface area (Å²) in [5, 5.41) is 12.9. The molecule has 0 spiro atoms. The minimum Gasteiger partial charge on any atom is -0.508 e. The van der Waals surface area contributed by atoms with Gasteiger partial charge in [0.1, 0.15) is 5.75 Å². The molecule has 0 bridgehead atoms. The Morgan fingerprint density at radius 1 is 0.947 bits per heavy atom. The number of rotatable bonds is 4. The van der Waals surface area contributed by atoms with Gasteiger partial charge in [0.2, 0.25) is 0 Å². The lowest BCUT2D eigenvalue weighted by molar-refractivity contribution is 0.474. The van der Waals surface area contributed by atoms with E-state index in [9.17, 15) is 5.11 Å². The fourth-order valence-electron chi connectivity index (χ4n) is 2.49. The van der Waals surface area contributed by atoms with Crippen LogP contribution in [-0.4, -0.2) is 5.11 Å². The number of hydrogen-bond acceptors (Lipinski definition) is 2. The Bertz CT molecular complexity index is 552. The number of hydrogen-bond donors (Lipinski definition) is 2. The lowest BCUT2D eigenvalue weighted by Crippen LogP contribution is -2.14. The second-order valence-electron chi connectivity index (χ2n) is 5.15. The van der Waals surface area contributed by atoms with Crippen molar-refractivity contribution in [2.75, 3.05) is 0 Å². The molecule has 0 saturated heterocycles. The predicted molar refractivity (Wildman–Crippen MR) is 79.3 cm³/mol. The molecule has 0 fully saturated rings. The number of aryl methyl sites for hydroxylation is 3. The summed E-state index contributed by atoms with van der Waals surface area (Å²) >= 11 is 0. The maximum absolute atomic E-state index is 9.42. The van der Waals surface area contributed by atoms with Crippen LogP contribution in [0.2, 0.25) is 0 Å². The third-order valence-electron chi connectivity index (χ3n) is 3.38. The minimum absolute atomic E-state index is 0.321. The highest BCUT2D eigenvalue weighted by Crippen LogP contribution is 2.16. The predicted octanol–water partition coefficient (Wildman–Crippen LogP) is 3.61. The van der Waals surface area contributed by atoms with Gasteiger partial charge in [-0.3, -0.25) is 0 Å². The molecule has 0 radical (unpaired) electrons. The second-order valence-corrected chi connectivity index (χ2v) is 5.15. The van der Waals surface area contributed by atoms with E-state index in [2.05, 4.69) is 38.2 Å². The Kier molecular flexibility index (Phi) is 4.23. The summed E-state index contributed by atoms with van der Waals surface area (Å²) in [5.74, 6) is 0.321. The van der Waals surface area contributed by atoms with Crippen LogP contribution in [0.3, 0.4) is 0 Å². The van der Waals surface area contributed by atoms with Gasteiger partial charge in [-0.25, -0.2) is 0 Å². The summed E-state index contributed by atoms with van der Waals surface area (Å²) in [7, 11) is 0. The first-order valence-corrected chi connectivity index (χ1v) is 6.61. The average Bonchev–Trinajstić information content (AvgIpc) is 2.32. The van der Waals surface area contributed by atoms with E-state index in [1.54, 1.807) is 12.1 Å². The van der Waals surface area contributed by atoms with Crippen LogP contribution in [-0.2, 0) is 13.1 Å². The molecule has 0 saturated carbocycles. The molecule has 2 aromatic rings. The molecule has 2 N–H and O–H groups in total. The van der Waals surface area contributed by atoms with Crippen LogP contribution in [0.4, 0.5) is 0 Å². The topological polar surface area (TPSA) is 32.3 Å². The highest BCUT2D eigenvalue weighted by Gasteiger charge is 2.03. The van der Waals surface area contributed by atoms with Gasteiger partial charge in [0.05, 0.1) is 0 Å². The molecule has 0 aliphatic heterocycles. The lowest BCUT2D eigenvalue weighted by Gasteiger charge is -2.12. The summed E-state index contributed by atoms with van der Waals surface area (Å²) in [6.45, 7) is 8.06. The first kappa shape index (κ1) is 13.6. The first-order chi connectivity index (χ1) is 9.06. The van der Waals surface area contributed by atoms with E-state index in [0.29, 0.717) is 5.75 Å². The highest BCUT2D eigenvalue weighted by atomic mass is 16.3. The Morgan fingerprint density at radius 3 is 2.26 bits per heavy atom. The van der Waals surface area contributed by atoms with Gasteiger partial charge in [0, 0.05) is 13.1 Å². The van der Waals surface area contributed by atoms with Crippen molar-refractivity contribution in [3.63, 3.8) is 0 Å². The van der Waals surface area contributed by atoms with Crippen LogP contribution in [0.1, 0.15) is 27.8 Å². The molecule has 2 nitrogen and oxygen atoms in total. The van der Waals surface area contributed by atoms with Gasteiger partial charge in [-0.15, -0.1) is 0 Å². The minimum atomic E-state index is 0.321. The number of benzene rings is 2. The van der Waals surface area contributed by atoms with Gasteiger partial charge >= 0.3 is 0 Å². The Balaban J connectivity index is 2.00. The van der Waals surface area contributed by atoms with Crippen molar-refractivity contribution in [1.29, 1.82) is 0 Å². The van der Waals surface area contributed by atoms with Gasteiger partial charge in [0.25, 0.3) is 0 Å². The molecular weight excluding hydrogens is 234 g/mol. The maximum Gasteiger partial charge on any atom is 0.115 e. The van der Waals surface area contributed by atoms with Gasteiger partial charge in [-0.2, -0.15) is 0 Å². The second kappa shape index (κ2) is 5.89. The van der Waals surface area contributed by atoms with Gasteiger partial charge < -0.3 is 10.4 Å². The monoisotopic (exact) mass is 255 g/mol. The zero-order valence-corrected chi connectivity index (χ0v) is 11.8. The largest absolute Gasteiger partial charge is 0.508 e.